The van der Waals surface area contributed by atoms with Crippen molar-refractivity contribution in [2.75, 3.05) is 13.1 Å². The number of carbonyl (C=O) groups is 1. The number of carbonyl (C=O) groups excluding carboxylic acids is 1. The third-order valence-electron chi connectivity index (χ3n) is 3.46. The predicted octanol–water partition coefficient (Wildman–Crippen LogP) is 2.52. The van der Waals surface area contributed by atoms with Gasteiger partial charge in [0, 0.05) is 18.0 Å². The van der Waals surface area contributed by atoms with E-state index in [4.69, 9.17) is 16.0 Å². The molecule has 3 N–H and O–H groups in total. The highest BCUT2D eigenvalue weighted by Gasteiger charge is 2.20. The zero-order valence-electron chi connectivity index (χ0n) is 13.5. The second-order valence-electron chi connectivity index (χ2n) is 5.33. The van der Waals surface area contributed by atoms with Gasteiger partial charge in [-0.2, -0.15) is 0 Å². The van der Waals surface area contributed by atoms with Crippen LogP contribution in [0.5, 0.6) is 0 Å². The number of nitrogens with zero attached hydrogens (tertiary/aromatic N) is 3. The van der Waals surface area contributed by atoms with E-state index in [9.17, 15) is 4.79 Å². The van der Waals surface area contributed by atoms with Crippen molar-refractivity contribution in [2.45, 2.75) is 44.9 Å². The molecule has 126 valence electrons. The first-order chi connectivity index (χ1) is 11.1. The maximum atomic E-state index is 11.9. The number of nitrogens with two attached hydrogens (primary N) is 1. The summed E-state index contributed by atoms with van der Waals surface area (Å²) >= 11 is 0. The Balaban J connectivity index is 2.17. The van der Waals surface area contributed by atoms with Gasteiger partial charge in [0.25, 0.3) is 0 Å². The highest BCUT2D eigenvalue weighted by molar-refractivity contribution is 5.82. The molecule has 0 aliphatic carbocycles. The number of nitrogens with one attached hydrogen (secondary N) is 1. The van der Waals surface area contributed by atoms with E-state index < -0.39 is 6.04 Å². The smallest absolute Gasteiger partial charge is 0.239 e. The van der Waals surface area contributed by atoms with Crippen LogP contribution < -0.4 is 11.1 Å². The van der Waals surface area contributed by atoms with Crippen molar-refractivity contribution >= 4 is 5.91 Å². The van der Waals surface area contributed by atoms with Crippen molar-refractivity contribution in [3.63, 3.8) is 0 Å². The van der Waals surface area contributed by atoms with Crippen LogP contribution in [0.2, 0.25) is 0 Å². The summed E-state index contributed by atoms with van der Waals surface area (Å²) in [5.41, 5.74) is 15.1. The van der Waals surface area contributed by atoms with Crippen molar-refractivity contribution < 1.29 is 9.53 Å². The van der Waals surface area contributed by atoms with Crippen LogP contribution in [0.4, 0.5) is 0 Å². The minimum absolute atomic E-state index is 0.208. The van der Waals surface area contributed by atoms with Gasteiger partial charge in [-0.1, -0.05) is 41.9 Å². The second kappa shape index (κ2) is 11.5. The molecule has 0 aromatic heterocycles. The molecule has 0 unspecified atom stereocenters. The molecule has 7 nitrogen and oxygen atoms in total. The zero-order valence-corrected chi connectivity index (χ0v) is 13.5. The Morgan fingerprint density at radius 2 is 2.09 bits per heavy atom. The van der Waals surface area contributed by atoms with E-state index in [0.29, 0.717) is 19.7 Å². The van der Waals surface area contributed by atoms with E-state index >= 15 is 0 Å². The molecule has 1 aromatic carbocycles. The number of hydrogen-bond donors (Lipinski definition) is 2. The summed E-state index contributed by atoms with van der Waals surface area (Å²) in [5, 5.41) is 6.26. The molecule has 1 aromatic rings. The molecule has 0 radical (unpaired) electrons. The Hall–Kier alpha value is -2.08. The molecular formula is C16H25N5O2. The summed E-state index contributed by atoms with van der Waals surface area (Å²) in [6.45, 7) is 3.29. The van der Waals surface area contributed by atoms with Gasteiger partial charge < -0.3 is 15.8 Å². The number of hydrogen-bond acceptors (Lipinski definition) is 4. The highest BCUT2D eigenvalue weighted by Crippen LogP contribution is 2.05. The van der Waals surface area contributed by atoms with Gasteiger partial charge in [-0.3, -0.25) is 4.79 Å². The summed E-state index contributed by atoms with van der Waals surface area (Å²) in [5.74, 6) is -0.208. The normalized spacial score (nSPS) is 13.0. The minimum Gasteiger partial charge on any atom is -0.372 e. The van der Waals surface area contributed by atoms with Gasteiger partial charge in [0.1, 0.15) is 6.04 Å². The van der Waals surface area contributed by atoms with Crippen LogP contribution >= 0.6 is 0 Å². The average molecular weight is 319 g/mol. The first-order valence-electron chi connectivity index (χ1n) is 7.85. The lowest BCUT2D eigenvalue weighted by molar-refractivity contribution is -0.125. The van der Waals surface area contributed by atoms with E-state index in [2.05, 4.69) is 15.3 Å². The SMILES string of the molecule is C[C@H](OCc1ccccc1)[C@H](N)C(=O)NCCCCCN=[N+]=[N-]. The van der Waals surface area contributed by atoms with Gasteiger partial charge >= 0.3 is 0 Å². The van der Waals surface area contributed by atoms with Crippen molar-refractivity contribution in [1.82, 2.24) is 5.32 Å². The lowest BCUT2D eigenvalue weighted by Gasteiger charge is -2.20. The quantitative estimate of drug-likeness (QED) is 0.283. The fraction of sp³-hybridized carbons (Fsp3) is 0.562. The molecule has 0 aliphatic heterocycles. The Morgan fingerprint density at radius 1 is 1.35 bits per heavy atom. The van der Waals surface area contributed by atoms with Gasteiger partial charge in [-0.05, 0) is 30.9 Å². The lowest BCUT2D eigenvalue weighted by atomic mass is 10.1. The number of benzene rings is 1. The van der Waals surface area contributed by atoms with Gasteiger partial charge in [0.2, 0.25) is 5.91 Å². The Bertz CT molecular complexity index is 502. The second-order valence-corrected chi connectivity index (χ2v) is 5.33. The molecule has 0 heterocycles. The predicted molar refractivity (Wildman–Crippen MR) is 89.5 cm³/mol. The molecule has 1 amide bonds. The Labute approximate surface area is 136 Å². The molecule has 7 heteroatoms. The van der Waals surface area contributed by atoms with Gasteiger partial charge in [-0.15, -0.1) is 0 Å². The molecule has 0 aliphatic rings. The van der Waals surface area contributed by atoms with Gasteiger partial charge in [0.05, 0.1) is 12.7 Å². The molecule has 2 atom stereocenters. The van der Waals surface area contributed by atoms with E-state index in [1.807, 2.05) is 30.3 Å². The fourth-order valence-corrected chi connectivity index (χ4v) is 1.98. The standard InChI is InChI=1S/C16H25N5O2/c1-13(23-12-14-8-4-2-5-9-14)15(17)16(22)19-10-6-3-7-11-20-21-18/h2,4-5,8-9,13,15H,3,6-7,10-12,17H2,1H3,(H,19,22)/t13-,15-/m0/s1. The monoisotopic (exact) mass is 319 g/mol. The van der Waals surface area contributed by atoms with Crippen LogP contribution in [0.25, 0.3) is 10.4 Å². The Morgan fingerprint density at radius 3 is 2.78 bits per heavy atom. The summed E-state index contributed by atoms with van der Waals surface area (Å²) in [6.07, 6.45) is 2.19. The van der Waals surface area contributed by atoms with Gasteiger partial charge in [-0.25, -0.2) is 0 Å². The number of amides is 1. The first-order valence-corrected chi connectivity index (χ1v) is 7.85. The maximum Gasteiger partial charge on any atom is 0.239 e. The first kappa shape index (κ1) is 19.0. The molecule has 23 heavy (non-hydrogen) atoms. The molecule has 0 saturated carbocycles. The van der Waals surface area contributed by atoms with Crippen molar-refractivity contribution in [2.24, 2.45) is 10.8 Å². The average Bonchev–Trinajstić information content (AvgIpc) is 2.59. The van der Waals surface area contributed by atoms with E-state index in [1.165, 1.54) is 0 Å². The van der Waals surface area contributed by atoms with Crippen LogP contribution in [-0.4, -0.2) is 31.1 Å². The summed E-state index contributed by atoms with van der Waals surface area (Å²) in [6, 6.07) is 9.07. The van der Waals surface area contributed by atoms with Crippen molar-refractivity contribution in [3.05, 3.63) is 46.3 Å². The van der Waals surface area contributed by atoms with E-state index in [0.717, 1.165) is 24.8 Å². The number of unbranched alkanes of at least 4 members (excludes halogenated alkanes) is 2. The molecular weight excluding hydrogens is 294 g/mol. The van der Waals surface area contributed by atoms with E-state index in [1.54, 1.807) is 6.92 Å². The summed E-state index contributed by atoms with van der Waals surface area (Å²) in [7, 11) is 0. The van der Waals surface area contributed by atoms with Crippen LogP contribution in [0.15, 0.2) is 35.4 Å². The van der Waals surface area contributed by atoms with Crippen LogP contribution in [0.3, 0.4) is 0 Å². The number of rotatable bonds is 11. The third kappa shape index (κ3) is 8.21. The van der Waals surface area contributed by atoms with Crippen LogP contribution in [-0.2, 0) is 16.1 Å². The highest BCUT2D eigenvalue weighted by atomic mass is 16.5. The molecule has 0 fully saturated rings. The fourth-order valence-electron chi connectivity index (χ4n) is 1.98. The zero-order chi connectivity index (χ0) is 16.9. The van der Waals surface area contributed by atoms with Crippen LogP contribution in [0.1, 0.15) is 31.7 Å². The maximum absolute atomic E-state index is 11.9. The molecule has 0 saturated heterocycles. The van der Waals surface area contributed by atoms with Crippen molar-refractivity contribution in [3.8, 4) is 0 Å². The summed E-state index contributed by atoms with van der Waals surface area (Å²) in [4.78, 5) is 14.6. The minimum atomic E-state index is -0.693. The number of azide groups is 1. The van der Waals surface area contributed by atoms with E-state index in [-0.39, 0.29) is 12.0 Å². The Kier molecular flexibility index (Phi) is 9.47. The van der Waals surface area contributed by atoms with Gasteiger partial charge in [0.15, 0.2) is 0 Å². The molecule has 1 rings (SSSR count). The van der Waals surface area contributed by atoms with Crippen LogP contribution in [0, 0.1) is 0 Å². The third-order valence-corrected chi connectivity index (χ3v) is 3.46. The molecule has 0 bridgehead atoms. The lowest BCUT2D eigenvalue weighted by Crippen LogP contribution is -2.48. The van der Waals surface area contributed by atoms with Crippen molar-refractivity contribution in [1.29, 1.82) is 0 Å². The summed E-state index contributed by atoms with van der Waals surface area (Å²) < 4.78 is 5.65. The largest absolute Gasteiger partial charge is 0.372 e. The topological polar surface area (TPSA) is 113 Å². The number of ether oxygens (including phenoxy) is 1. The molecule has 0 spiro atoms.